The Hall–Kier alpha value is -1.20. The van der Waals surface area contributed by atoms with Gasteiger partial charge in [0.25, 0.3) is 0 Å². The molecule has 1 aromatic heterocycles. The number of amides is 1. The molecule has 1 amide bonds. The lowest BCUT2D eigenvalue weighted by Crippen LogP contribution is -2.32. The molecular formula is C10H14ClN3O2. The van der Waals surface area contributed by atoms with E-state index >= 15 is 0 Å². The van der Waals surface area contributed by atoms with E-state index < -0.39 is 5.60 Å². The molecule has 0 aromatic carbocycles. The van der Waals surface area contributed by atoms with Crippen molar-refractivity contribution in [2.24, 2.45) is 0 Å². The van der Waals surface area contributed by atoms with Crippen LogP contribution in [0.25, 0.3) is 0 Å². The number of aromatic nitrogens is 2. The van der Waals surface area contributed by atoms with Gasteiger partial charge < -0.3 is 10.4 Å². The minimum absolute atomic E-state index is 0.0326. The van der Waals surface area contributed by atoms with Crippen molar-refractivity contribution < 1.29 is 9.90 Å². The molecule has 6 heteroatoms. The lowest BCUT2D eigenvalue weighted by atomic mass is 10.1. The average molecular weight is 244 g/mol. The zero-order chi connectivity index (χ0) is 12.2. The van der Waals surface area contributed by atoms with Gasteiger partial charge in [-0.2, -0.15) is 0 Å². The van der Waals surface area contributed by atoms with Gasteiger partial charge in [0.15, 0.2) is 5.15 Å². The molecule has 0 radical (unpaired) electrons. The first-order chi connectivity index (χ1) is 7.38. The van der Waals surface area contributed by atoms with Crippen LogP contribution < -0.4 is 5.32 Å². The molecule has 88 valence electrons. The van der Waals surface area contributed by atoms with E-state index in [2.05, 4.69) is 15.3 Å². The van der Waals surface area contributed by atoms with Crippen molar-refractivity contribution >= 4 is 17.5 Å². The molecule has 1 aromatic rings. The second kappa shape index (κ2) is 5.23. The van der Waals surface area contributed by atoms with Gasteiger partial charge in [0.05, 0.1) is 24.3 Å². The van der Waals surface area contributed by atoms with Gasteiger partial charge in [0, 0.05) is 12.4 Å². The van der Waals surface area contributed by atoms with E-state index in [4.69, 9.17) is 11.6 Å². The van der Waals surface area contributed by atoms with Gasteiger partial charge in [-0.3, -0.25) is 9.78 Å². The highest BCUT2D eigenvalue weighted by Crippen LogP contribution is 2.09. The predicted molar refractivity (Wildman–Crippen MR) is 59.8 cm³/mol. The number of carbonyl (C=O) groups excluding carboxylic acids is 1. The molecule has 5 nitrogen and oxygen atoms in total. The largest absolute Gasteiger partial charge is 0.390 e. The Balaban J connectivity index is 2.47. The number of hydrogen-bond donors (Lipinski definition) is 2. The first-order valence-corrected chi connectivity index (χ1v) is 5.21. The second-order valence-electron chi connectivity index (χ2n) is 4.06. The number of nitrogens with one attached hydrogen (secondary N) is 1. The summed E-state index contributed by atoms with van der Waals surface area (Å²) in [5.41, 5.74) is -0.510. The molecule has 0 spiro atoms. The molecule has 0 aliphatic heterocycles. The summed E-state index contributed by atoms with van der Waals surface area (Å²) in [4.78, 5) is 19.2. The van der Waals surface area contributed by atoms with Gasteiger partial charge >= 0.3 is 0 Å². The Morgan fingerprint density at radius 2 is 2.12 bits per heavy atom. The van der Waals surface area contributed by atoms with Gasteiger partial charge in [-0.1, -0.05) is 11.6 Å². The first kappa shape index (κ1) is 12.9. The summed E-state index contributed by atoms with van der Waals surface area (Å²) in [6.45, 7) is 3.35. The predicted octanol–water partition coefficient (Wildman–Crippen LogP) is 0.907. The summed E-state index contributed by atoms with van der Waals surface area (Å²) in [6.07, 6.45) is 3.01. The van der Waals surface area contributed by atoms with Crippen LogP contribution in [0.5, 0.6) is 0 Å². The van der Waals surface area contributed by atoms with Crippen LogP contribution in [0.15, 0.2) is 12.4 Å². The zero-order valence-electron chi connectivity index (χ0n) is 9.20. The molecule has 0 fully saturated rings. The van der Waals surface area contributed by atoms with Crippen LogP contribution in [0, 0.1) is 0 Å². The summed E-state index contributed by atoms with van der Waals surface area (Å²) in [7, 11) is 0. The third-order valence-corrected chi connectivity index (χ3v) is 2.08. The van der Waals surface area contributed by atoms with E-state index in [9.17, 15) is 9.90 Å². The van der Waals surface area contributed by atoms with Gasteiger partial charge in [-0.05, 0) is 13.8 Å². The standard InChI is InChI=1S/C10H14ClN3O2/c1-10(2,16)5-8(15)14-6-7-9(11)13-4-3-12-7/h3-4,16H,5-6H2,1-2H3,(H,14,15). The van der Waals surface area contributed by atoms with Crippen LogP contribution in [-0.4, -0.2) is 26.6 Å². The smallest absolute Gasteiger partial charge is 0.223 e. The van der Waals surface area contributed by atoms with Gasteiger partial charge in [0.1, 0.15) is 0 Å². The maximum atomic E-state index is 11.4. The fourth-order valence-electron chi connectivity index (χ4n) is 1.11. The normalized spacial score (nSPS) is 11.2. The van der Waals surface area contributed by atoms with E-state index in [0.717, 1.165) is 0 Å². The minimum atomic E-state index is -1.02. The SMILES string of the molecule is CC(C)(O)CC(=O)NCc1nccnc1Cl. The number of nitrogens with zero attached hydrogens (tertiary/aromatic N) is 2. The Morgan fingerprint density at radius 1 is 1.50 bits per heavy atom. The second-order valence-corrected chi connectivity index (χ2v) is 4.42. The third kappa shape index (κ3) is 4.55. The van der Waals surface area contributed by atoms with E-state index in [-0.39, 0.29) is 24.0 Å². The van der Waals surface area contributed by atoms with Gasteiger partial charge in [-0.25, -0.2) is 4.98 Å². The van der Waals surface area contributed by atoms with Gasteiger partial charge in [0.2, 0.25) is 5.91 Å². The van der Waals surface area contributed by atoms with Crippen molar-refractivity contribution in [3.05, 3.63) is 23.2 Å². The van der Waals surface area contributed by atoms with Crippen LogP contribution in [0.1, 0.15) is 26.0 Å². The molecule has 0 unspecified atom stereocenters. The highest BCUT2D eigenvalue weighted by Gasteiger charge is 2.17. The molecule has 0 atom stereocenters. The first-order valence-electron chi connectivity index (χ1n) is 4.83. The fourth-order valence-corrected chi connectivity index (χ4v) is 1.28. The van der Waals surface area contributed by atoms with Crippen LogP contribution in [-0.2, 0) is 11.3 Å². The van der Waals surface area contributed by atoms with Crippen molar-refractivity contribution in [1.29, 1.82) is 0 Å². The molecule has 2 N–H and O–H groups in total. The highest BCUT2D eigenvalue weighted by atomic mass is 35.5. The number of halogens is 1. The fraction of sp³-hybridized carbons (Fsp3) is 0.500. The molecule has 0 bridgehead atoms. The van der Waals surface area contributed by atoms with E-state index in [1.54, 1.807) is 13.8 Å². The molecule has 16 heavy (non-hydrogen) atoms. The molecule has 0 saturated heterocycles. The molecule has 0 saturated carbocycles. The van der Waals surface area contributed by atoms with Crippen molar-refractivity contribution in [3.63, 3.8) is 0 Å². The van der Waals surface area contributed by atoms with Crippen LogP contribution in [0.2, 0.25) is 5.15 Å². The van der Waals surface area contributed by atoms with Crippen LogP contribution in [0.3, 0.4) is 0 Å². The van der Waals surface area contributed by atoms with Crippen molar-refractivity contribution in [2.75, 3.05) is 0 Å². The Labute approximate surface area is 98.9 Å². The zero-order valence-corrected chi connectivity index (χ0v) is 9.95. The van der Waals surface area contributed by atoms with E-state index in [0.29, 0.717) is 5.69 Å². The lowest BCUT2D eigenvalue weighted by Gasteiger charge is -2.16. The molecule has 1 heterocycles. The van der Waals surface area contributed by atoms with Crippen LogP contribution >= 0.6 is 11.6 Å². The van der Waals surface area contributed by atoms with Crippen molar-refractivity contribution in [3.8, 4) is 0 Å². The average Bonchev–Trinajstić information content (AvgIpc) is 2.14. The summed E-state index contributed by atoms with van der Waals surface area (Å²) in [6, 6.07) is 0. The molecule has 0 aliphatic rings. The maximum absolute atomic E-state index is 11.4. The third-order valence-electron chi connectivity index (χ3n) is 1.77. The topological polar surface area (TPSA) is 75.1 Å². The Morgan fingerprint density at radius 3 is 2.69 bits per heavy atom. The monoisotopic (exact) mass is 243 g/mol. The summed E-state index contributed by atoms with van der Waals surface area (Å²) < 4.78 is 0. The Kier molecular flexibility index (Phi) is 4.20. The van der Waals surface area contributed by atoms with Crippen molar-refractivity contribution in [2.45, 2.75) is 32.4 Å². The quantitative estimate of drug-likeness (QED) is 0.824. The van der Waals surface area contributed by atoms with Crippen molar-refractivity contribution in [1.82, 2.24) is 15.3 Å². The Bertz CT molecular complexity index is 377. The molecule has 0 aliphatic carbocycles. The maximum Gasteiger partial charge on any atom is 0.223 e. The highest BCUT2D eigenvalue weighted by molar-refractivity contribution is 6.29. The summed E-state index contributed by atoms with van der Waals surface area (Å²) >= 11 is 5.77. The number of aliphatic hydroxyl groups is 1. The van der Waals surface area contributed by atoms with E-state index in [1.165, 1.54) is 12.4 Å². The lowest BCUT2D eigenvalue weighted by molar-refractivity contribution is -0.125. The summed E-state index contributed by atoms with van der Waals surface area (Å²) in [5.74, 6) is -0.255. The molecular weight excluding hydrogens is 230 g/mol. The van der Waals surface area contributed by atoms with Crippen LogP contribution in [0.4, 0.5) is 0 Å². The number of rotatable bonds is 4. The molecule has 1 rings (SSSR count). The van der Waals surface area contributed by atoms with E-state index in [1.807, 2.05) is 0 Å². The number of carbonyl (C=O) groups is 1. The van der Waals surface area contributed by atoms with Gasteiger partial charge in [-0.15, -0.1) is 0 Å². The number of hydrogen-bond acceptors (Lipinski definition) is 4. The summed E-state index contributed by atoms with van der Waals surface area (Å²) in [5, 5.41) is 12.3. The minimum Gasteiger partial charge on any atom is -0.390 e.